The minimum absolute atomic E-state index is 0.275. The largest absolute Gasteiger partial charge is 0.479 e. The third-order valence-corrected chi connectivity index (χ3v) is 1.48. The number of aromatic hydroxyl groups is 1. The van der Waals surface area contributed by atoms with Gasteiger partial charge in [0.2, 0.25) is 0 Å². The van der Waals surface area contributed by atoms with Crippen LogP contribution in [0.4, 0.5) is 0 Å². The molecule has 11 heavy (non-hydrogen) atoms. The molecule has 1 aromatic heterocycles. The fourth-order valence-electron chi connectivity index (χ4n) is 0.875. The van der Waals surface area contributed by atoms with Crippen LogP contribution in [0.25, 0.3) is 0 Å². The molecule has 4 heteroatoms. The summed E-state index contributed by atoms with van der Waals surface area (Å²) >= 11 is 0. The number of aromatic amines is 1. The molecule has 0 amide bonds. The molecule has 0 fully saturated rings. The molecule has 0 aliphatic carbocycles. The van der Waals surface area contributed by atoms with E-state index in [0.29, 0.717) is 12.1 Å². The molecule has 0 saturated heterocycles. The number of oxazole rings is 1. The SMILES string of the molecule is CCCCc1[nH]c(=O)oc1O. The monoisotopic (exact) mass is 157 g/mol. The molecule has 0 bridgehead atoms. The van der Waals surface area contributed by atoms with Crippen molar-refractivity contribution in [3.8, 4) is 5.95 Å². The summed E-state index contributed by atoms with van der Waals surface area (Å²) < 4.78 is 4.36. The number of H-pyrrole nitrogens is 1. The van der Waals surface area contributed by atoms with Gasteiger partial charge in [0.25, 0.3) is 0 Å². The zero-order valence-electron chi connectivity index (χ0n) is 6.39. The average Bonchev–Trinajstić information content (AvgIpc) is 2.26. The van der Waals surface area contributed by atoms with Crippen LogP contribution in [0, 0.1) is 0 Å². The van der Waals surface area contributed by atoms with Gasteiger partial charge in [-0.25, -0.2) is 4.79 Å². The van der Waals surface area contributed by atoms with Crippen LogP contribution in [0.1, 0.15) is 25.5 Å². The summed E-state index contributed by atoms with van der Waals surface area (Å²) in [7, 11) is 0. The molecular formula is C7H11NO3. The molecule has 1 rings (SSSR count). The predicted octanol–water partition coefficient (Wildman–Crippen LogP) is 1.02. The second-order valence-electron chi connectivity index (χ2n) is 2.40. The molecule has 0 saturated carbocycles. The molecule has 0 aliphatic rings. The summed E-state index contributed by atoms with van der Waals surface area (Å²) in [6.45, 7) is 2.04. The molecular weight excluding hydrogens is 146 g/mol. The van der Waals surface area contributed by atoms with Gasteiger partial charge in [-0.3, -0.25) is 4.98 Å². The third kappa shape index (κ3) is 1.86. The Hall–Kier alpha value is -1.19. The molecule has 2 N–H and O–H groups in total. The van der Waals surface area contributed by atoms with Crippen molar-refractivity contribution in [2.75, 3.05) is 0 Å². The minimum atomic E-state index is -0.589. The fourth-order valence-corrected chi connectivity index (χ4v) is 0.875. The first-order valence-electron chi connectivity index (χ1n) is 3.65. The first-order chi connectivity index (χ1) is 5.24. The predicted molar refractivity (Wildman–Crippen MR) is 39.6 cm³/mol. The van der Waals surface area contributed by atoms with Crippen molar-refractivity contribution in [3.63, 3.8) is 0 Å². The van der Waals surface area contributed by atoms with Crippen molar-refractivity contribution in [3.05, 3.63) is 16.2 Å². The van der Waals surface area contributed by atoms with Gasteiger partial charge in [-0.1, -0.05) is 13.3 Å². The zero-order valence-corrected chi connectivity index (χ0v) is 6.39. The molecule has 0 spiro atoms. The maximum Gasteiger partial charge on any atom is 0.419 e. The van der Waals surface area contributed by atoms with Crippen molar-refractivity contribution >= 4 is 0 Å². The average molecular weight is 157 g/mol. The molecule has 0 radical (unpaired) electrons. The van der Waals surface area contributed by atoms with Crippen LogP contribution in [0.15, 0.2) is 9.21 Å². The third-order valence-electron chi connectivity index (χ3n) is 1.48. The second-order valence-corrected chi connectivity index (χ2v) is 2.40. The molecule has 0 aromatic carbocycles. The van der Waals surface area contributed by atoms with E-state index in [4.69, 9.17) is 5.11 Å². The van der Waals surface area contributed by atoms with Gasteiger partial charge in [0.15, 0.2) is 0 Å². The Morgan fingerprint density at radius 2 is 2.36 bits per heavy atom. The Balaban J connectivity index is 2.69. The lowest BCUT2D eigenvalue weighted by Crippen LogP contribution is -1.96. The number of aryl methyl sites for hydroxylation is 1. The number of aromatic nitrogens is 1. The lowest BCUT2D eigenvalue weighted by atomic mass is 10.2. The van der Waals surface area contributed by atoms with E-state index < -0.39 is 5.76 Å². The van der Waals surface area contributed by atoms with E-state index in [1.54, 1.807) is 0 Å². The summed E-state index contributed by atoms with van der Waals surface area (Å²) in [6, 6.07) is 0. The van der Waals surface area contributed by atoms with Crippen LogP contribution in [0.3, 0.4) is 0 Å². The highest BCUT2D eigenvalue weighted by Gasteiger charge is 2.05. The molecule has 1 aromatic rings. The Bertz CT molecular complexity index is 273. The van der Waals surface area contributed by atoms with E-state index in [9.17, 15) is 4.79 Å². The molecule has 62 valence electrons. The van der Waals surface area contributed by atoms with Crippen LogP contribution < -0.4 is 5.76 Å². The van der Waals surface area contributed by atoms with Crippen LogP contribution in [0.5, 0.6) is 5.95 Å². The Morgan fingerprint density at radius 1 is 1.64 bits per heavy atom. The van der Waals surface area contributed by atoms with Gasteiger partial charge in [-0.2, -0.15) is 0 Å². The molecule has 0 aliphatic heterocycles. The summed E-state index contributed by atoms with van der Waals surface area (Å²) in [5.41, 5.74) is 0.497. The smallest absolute Gasteiger partial charge is 0.419 e. The number of hydrogen-bond donors (Lipinski definition) is 2. The standard InChI is InChI=1S/C7H11NO3/c1-2-3-4-5-6(9)11-7(10)8-5/h9H,2-4H2,1H3,(H,8,10). The van der Waals surface area contributed by atoms with E-state index in [0.717, 1.165) is 12.8 Å². The van der Waals surface area contributed by atoms with E-state index in [-0.39, 0.29) is 5.95 Å². The van der Waals surface area contributed by atoms with Crippen LogP contribution in [-0.2, 0) is 6.42 Å². The van der Waals surface area contributed by atoms with Crippen molar-refractivity contribution in [2.24, 2.45) is 0 Å². The van der Waals surface area contributed by atoms with Crippen molar-refractivity contribution < 1.29 is 9.52 Å². The highest BCUT2D eigenvalue weighted by molar-refractivity contribution is 5.11. The van der Waals surface area contributed by atoms with Gasteiger partial charge in [-0.15, -0.1) is 0 Å². The van der Waals surface area contributed by atoms with Gasteiger partial charge in [-0.05, 0) is 12.8 Å². The first kappa shape index (κ1) is 7.91. The van der Waals surface area contributed by atoms with Gasteiger partial charge in [0, 0.05) is 0 Å². The topological polar surface area (TPSA) is 66.2 Å². The molecule has 1 heterocycles. The molecule has 0 atom stereocenters. The highest BCUT2D eigenvalue weighted by atomic mass is 16.5. The van der Waals surface area contributed by atoms with Crippen LogP contribution in [0.2, 0.25) is 0 Å². The van der Waals surface area contributed by atoms with Gasteiger partial charge in [0.1, 0.15) is 5.69 Å². The highest BCUT2D eigenvalue weighted by Crippen LogP contribution is 2.13. The van der Waals surface area contributed by atoms with E-state index >= 15 is 0 Å². The van der Waals surface area contributed by atoms with E-state index in [1.165, 1.54) is 0 Å². The Kier molecular flexibility index (Phi) is 2.36. The number of nitrogens with one attached hydrogen (secondary N) is 1. The minimum Gasteiger partial charge on any atom is -0.479 e. The quantitative estimate of drug-likeness (QED) is 0.688. The summed E-state index contributed by atoms with van der Waals surface area (Å²) in [4.78, 5) is 12.9. The maximum atomic E-state index is 10.5. The Labute approximate surface area is 63.9 Å². The molecule has 0 unspecified atom stereocenters. The number of unbranched alkanes of at least 4 members (excludes halogenated alkanes) is 1. The maximum absolute atomic E-state index is 10.5. The van der Waals surface area contributed by atoms with Gasteiger partial charge < -0.3 is 9.52 Å². The van der Waals surface area contributed by atoms with Crippen LogP contribution >= 0.6 is 0 Å². The summed E-state index contributed by atoms with van der Waals surface area (Å²) in [5.74, 6) is -0.864. The van der Waals surface area contributed by atoms with E-state index in [1.807, 2.05) is 6.92 Å². The van der Waals surface area contributed by atoms with E-state index in [2.05, 4.69) is 9.40 Å². The van der Waals surface area contributed by atoms with Crippen LogP contribution in [-0.4, -0.2) is 10.1 Å². The lowest BCUT2D eigenvalue weighted by molar-refractivity contribution is 0.315. The number of hydrogen-bond acceptors (Lipinski definition) is 3. The first-order valence-corrected chi connectivity index (χ1v) is 3.65. The summed E-state index contributed by atoms with van der Waals surface area (Å²) in [6.07, 6.45) is 2.61. The lowest BCUT2D eigenvalue weighted by Gasteiger charge is -1.91. The fraction of sp³-hybridized carbons (Fsp3) is 0.571. The summed E-state index contributed by atoms with van der Waals surface area (Å²) in [5, 5.41) is 8.96. The van der Waals surface area contributed by atoms with Crippen molar-refractivity contribution in [1.82, 2.24) is 4.98 Å². The van der Waals surface area contributed by atoms with Crippen molar-refractivity contribution in [1.29, 1.82) is 0 Å². The Morgan fingerprint density at radius 3 is 2.82 bits per heavy atom. The normalized spacial score (nSPS) is 10.3. The molecule has 4 nitrogen and oxygen atoms in total. The van der Waals surface area contributed by atoms with Crippen molar-refractivity contribution in [2.45, 2.75) is 26.2 Å². The zero-order chi connectivity index (χ0) is 8.27. The number of rotatable bonds is 3. The van der Waals surface area contributed by atoms with Gasteiger partial charge >= 0.3 is 11.7 Å². The second kappa shape index (κ2) is 3.27. The van der Waals surface area contributed by atoms with Gasteiger partial charge in [0.05, 0.1) is 0 Å².